The molecule has 30 heavy (non-hydrogen) atoms. The van der Waals surface area contributed by atoms with Gasteiger partial charge in [0.25, 0.3) is 0 Å². The second-order valence-electron chi connectivity index (χ2n) is 8.14. The van der Waals surface area contributed by atoms with Crippen LogP contribution in [0.5, 0.6) is 0 Å². The Morgan fingerprint density at radius 1 is 1.23 bits per heavy atom. The monoisotopic (exact) mass is 426 g/mol. The Morgan fingerprint density at radius 2 is 2.07 bits per heavy atom. The molecule has 3 aromatic rings. The lowest BCUT2D eigenvalue weighted by atomic mass is 10.1. The van der Waals surface area contributed by atoms with Crippen LogP contribution >= 0.6 is 0 Å². The van der Waals surface area contributed by atoms with E-state index < -0.39 is 10.0 Å². The zero-order valence-corrected chi connectivity index (χ0v) is 18.1. The number of fused-ring (bicyclic) bond motifs is 1. The fourth-order valence-corrected chi connectivity index (χ4v) is 5.57. The van der Waals surface area contributed by atoms with Gasteiger partial charge in [-0.15, -0.1) is 0 Å². The Bertz CT molecular complexity index is 1180. The molecule has 0 amide bonds. The van der Waals surface area contributed by atoms with Crippen molar-refractivity contribution in [2.75, 3.05) is 6.54 Å². The number of aryl methyl sites for hydroxylation is 2. The standard InChI is InChI=1S/C21H26N6O2S/c1-3-27-19-8-10-25(30(28,29)17-5-4-9-22-12-17)14-18(19)20(24-27)21-23-11-15(2)26(21)13-16-6-7-16/h4-5,9,11-12,16H,3,6-8,10,13-14H2,1-2H3. The predicted octanol–water partition coefficient (Wildman–Crippen LogP) is 2.63. The highest BCUT2D eigenvalue weighted by molar-refractivity contribution is 7.89. The number of sulfonamides is 1. The van der Waals surface area contributed by atoms with Gasteiger partial charge in [0.05, 0.1) is 0 Å². The normalized spacial score (nSPS) is 17.3. The first-order valence-electron chi connectivity index (χ1n) is 10.5. The zero-order valence-electron chi connectivity index (χ0n) is 17.3. The van der Waals surface area contributed by atoms with Crippen LogP contribution in [0.4, 0.5) is 0 Å². The minimum absolute atomic E-state index is 0.226. The van der Waals surface area contributed by atoms with Crippen molar-refractivity contribution < 1.29 is 8.42 Å². The molecule has 8 nitrogen and oxygen atoms in total. The molecular formula is C21H26N6O2S. The van der Waals surface area contributed by atoms with E-state index in [0.29, 0.717) is 25.4 Å². The molecule has 0 unspecified atom stereocenters. The van der Waals surface area contributed by atoms with Gasteiger partial charge in [-0.3, -0.25) is 9.67 Å². The highest BCUT2D eigenvalue weighted by atomic mass is 32.2. The van der Waals surface area contributed by atoms with E-state index in [0.717, 1.165) is 41.6 Å². The van der Waals surface area contributed by atoms with Gasteiger partial charge < -0.3 is 4.57 Å². The van der Waals surface area contributed by atoms with Crippen LogP contribution in [0, 0.1) is 12.8 Å². The van der Waals surface area contributed by atoms with E-state index in [4.69, 9.17) is 5.10 Å². The van der Waals surface area contributed by atoms with Gasteiger partial charge >= 0.3 is 0 Å². The van der Waals surface area contributed by atoms with Crippen LogP contribution in [-0.2, 0) is 36.1 Å². The summed E-state index contributed by atoms with van der Waals surface area (Å²) in [5.74, 6) is 1.56. The Kier molecular flexibility index (Phi) is 4.74. The first kappa shape index (κ1) is 19.4. The summed E-state index contributed by atoms with van der Waals surface area (Å²) >= 11 is 0. The molecule has 0 radical (unpaired) electrons. The fourth-order valence-electron chi connectivity index (χ4n) is 4.20. The molecule has 158 valence electrons. The predicted molar refractivity (Wildman–Crippen MR) is 112 cm³/mol. The Labute approximate surface area is 176 Å². The number of aromatic nitrogens is 5. The molecule has 3 aromatic heterocycles. The number of nitrogens with zero attached hydrogens (tertiary/aromatic N) is 6. The second-order valence-corrected chi connectivity index (χ2v) is 10.1. The maximum atomic E-state index is 13.2. The lowest BCUT2D eigenvalue weighted by molar-refractivity contribution is 0.384. The SMILES string of the molecule is CCn1nc(-c2ncc(C)n2CC2CC2)c2c1CCN(S(=O)(=O)c1cccnc1)C2. The van der Waals surface area contributed by atoms with E-state index in [2.05, 4.69) is 28.4 Å². The van der Waals surface area contributed by atoms with E-state index in [1.165, 1.54) is 19.0 Å². The Morgan fingerprint density at radius 3 is 2.77 bits per heavy atom. The van der Waals surface area contributed by atoms with Gasteiger partial charge in [0.15, 0.2) is 5.82 Å². The summed E-state index contributed by atoms with van der Waals surface area (Å²) in [5, 5.41) is 4.87. The quantitative estimate of drug-likeness (QED) is 0.605. The van der Waals surface area contributed by atoms with Crippen molar-refractivity contribution in [1.29, 1.82) is 0 Å². The van der Waals surface area contributed by atoms with Crippen molar-refractivity contribution in [3.8, 4) is 11.5 Å². The van der Waals surface area contributed by atoms with Crippen molar-refractivity contribution >= 4 is 10.0 Å². The summed E-state index contributed by atoms with van der Waals surface area (Å²) in [5.41, 5.74) is 4.01. The van der Waals surface area contributed by atoms with E-state index in [-0.39, 0.29) is 4.90 Å². The van der Waals surface area contributed by atoms with Gasteiger partial charge in [0.1, 0.15) is 10.6 Å². The summed E-state index contributed by atoms with van der Waals surface area (Å²) in [6.07, 6.45) is 8.04. The van der Waals surface area contributed by atoms with Crippen LogP contribution in [0.1, 0.15) is 36.7 Å². The highest BCUT2D eigenvalue weighted by Gasteiger charge is 2.34. The summed E-state index contributed by atoms with van der Waals surface area (Å²) in [6, 6.07) is 3.25. The van der Waals surface area contributed by atoms with Gasteiger partial charge in [-0.1, -0.05) is 0 Å². The Balaban J connectivity index is 1.56. The number of imidazole rings is 1. The minimum atomic E-state index is -3.61. The molecule has 4 heterocycles. The lowest BCUT2D eigenvalue weighted by Crippen LogP contribution is -2.36. The number of rotatable bonds is 6. The second kappa shape index (κ2) is 7.31. The number of pyridine rings is 1. The van der Waals surface area contributed by atoms with Crippen LogP contribution in [0.2, 0.25) is 0 Å². The summed E-state index contributed by atoms with van der Waals surface area (Å²) in [6.45, 7) is 6.58. The third-order valence-electron chi connectivity index (χ3n) is 6.08. The van der Waals surface area contributed by atoms with Gasteiger partial charge in [-0.25, -0.2) is 13.4 Å². The molecule has 1 fully saturated rings. The number of hydrogen-bond acceptors (Lipinski definition) is 5. The van der Waals surface area contributed by atoms with E-state index in [1.807, 2.05) is 10.9 Å². The summed E-state index contributed by atoms with van der Waals surface area (Å²) < 4.78 is 32.2. The summed E-state index contributed by atoms with van der Waals surface area (Å²) in [4.78, 5) is 8.89. The van der Waals surface area contributed by atoms with E-state index in [1.54, 1.807) is 22.6 Å². The molecule has 0 saturated heterocycles. The van der Waals surface area contributed by atoms with Crippen molar-refractivity contribution in [3.63, 3.8) is 0 Å². The molecule has 0 atom stereocenters. The maximum Gasteiger partial charge on any atom is 0.244 e. The van der Waals surface area contributed by atoms with Crippen LogP contribution < -0.4 is 0 Å². The van der Waals surface area contributed by atoms with Crippen LogP contribution in [0.15, 0.2) is 35.6 Å². The molecule has 1 aliphatic heterocycles. The largest absolute Gasteiger partial charge is 0.327 e. The van der Waals surface area contributed by atoms with Gasteiger partial charge in [-0.05, 0) is 44.7 Å². The molecule has 0 aromatic carbocycles. The van der Waals surface area contributed by atoms with Crippen molar-refractivity contribution in [2.45, 2.75) is 57.6 Å². The average Bonchev–Trinajstić information content (AvgIpc) is 3.42. The third-order valence-corrected chi connectivity index (χ3v) is 7.90. The lowest BCUT2D eigenvalue weighted by Gasteiger charge is -2.27. The van der Waals surface area contributed by atoms with Gasteiger partial charge in [-0.2, -0.15) is 9.40 Å². The summed E-state index contributed by atoms with van der Waals surface area (Å²) in [7, 11) is -3.61. The maximum absolute atomic E-state index is 13.2. The zero-order chi connectivity index (χ0) is 20.9. The molecule has 9 heteroatoms. The third kappa shape index (κ3) is 3.26. The van der Waals surface area contributed by atoms with Gasteiger partial charge in [0.2, 0.25) is 10.0 Å². The molecule has 5 rings (SSSR count). The van der Waals surface area contributed by atoms with Crippen LogP contribution in [-0.4, -0.2) is 43.6 Å². The Hall–Kier alpha value is -2.52. The highest BCUT2D eigenvalue weighted by Crippen LogP contribution is 2.35. The molecule has 2 aliphatic rings. The molecular weight excluding hydrogens is 400 g/mol. The average molecular weight is 427 g/mol. The van der Waals surface area contributed by atoms with Gasteiger partial charge in [0, 0.05) is 68.1 Å². The topological polar surface area (TPSA) is 85.9 Å². The van der Waals surface area contributed by atoms with Crippen LogP contribution in [0.25, 0.3) is 11.5 Å². The molecule has 0 spiro atoms. The van der Waals surface area contributed by atoms with Crippen LogP contribution in [0.3, 0.4) is 0 Å². The van der Waals surface area contributed by atoms with Crippen molar-refractivity contribution in [3.05, 3.63) is 47.7 Å². The molecule has 1 aliphatic carbocycles. The molecule has 1 saturated carbocycles. The molecule has 0 N–H and O–H groups in total. The molecule has 0 bridgehead atoms. The van der Waals surface area contributed by atoms with Crippen molar-refractivity contribution in [1.82, 2.24) is 28.6 Å². The number of hydrogen-bond donors (Lipinski definition) is 0. The fraction of sp³-hybridized carbons (Fsp3) is 0.476. The van der Waals surface area contributed by atoms with E-state index in [9.17, 15) is 8.42 Å². The first-order valence-corrected chi connectivity index (χ1v) is 11.9. The first-order chi connectivity index (χ1) is 14.5. The van der Waals surface area contributed by atoms with Crippen molar-refractivity contribution in [2.24, 2.45) is 5.92 Å². The minimum Gasteiger partial charge on any atom is -0.327 e. The van der Waals surface area contributed by atoms with E-state index >= 15 is 0 Å². The smallest absolute Gasteiger partial charge is 0.244 e.